The summed E-state index contributed by atoms with van der Waals surface area (Å²) in [5.74, 6) is 1.12. The van der Waals surface area contributed by atoms with Gasteiger partial charge in [-0.15, -0.1) is 23.2 Å². The fraction of sp³-hybridized carbons (Fsp3) is 1.00. The normalized spacial score (nSPS) is 14.5. The Kier molecular flexibility index (Phi) is 14.3. The van der Waals surface area contributed by atoms with Gasteiger partial charge in [-0.3, -0.25) is 4.57 Å². The summed E-state index contributed by atoms with van der Waals surface area (Å²) in [6.07, 6.45) is 10.1. The van der Waals surface area contributed by atoms with Crippen molar-refractivity contribution in [1.82, 2.24) is 0 Å². The zero-order chi connectivity index (χ0) is 14.4. The molecule has 1 atom stereocenters. The Bertz CT molecular complexity index is 237. The molecule has 19 heavy (non-hydrogen) atoms. The van der Waals surface area contributed by atoms with Gasteiger partial charge in [0.1, 0.15) is 0 Å². The first-order valence-electron chi connectivity index (χ1n) is 7.53. The molecule has 0 radical (unpaired) electrons. The Balaban J connectivity index is 3.87. The maximum absolute atomic E-state index is 12.6. The smallest absolute Gasteiger partial charge is 0.203 e. The standard InChI is InChI=1S/C14H29Cl2O2P/c1-2-3-4-5-6-7-13-19(17,14-9-11-16)18-12-8-10-15/h2-14H2,1H3. The number of rotatable bonds is 14. The van der Waals surface area contributed by atoms with E-state index in [-0.39, 0.29) is 0 Å². The van der Waals surface area contributed by atoms with Crippen LogP contribution in [0.3, 0.4) is 0 Å². The molecule has 0 saturated carbocycles. The Hall–Kier alpha value is 0.770. The first-order chi connectivity index (χ1) is 9.18. The molecule has 116 valence electrons. The van der Waals surface area contributed by atoms with Gasteiger partial charge in [-0.2, -0.15) is 0 Å². The van der Waals surface area contributed by atoms with Crippen molar-refractivity contribution in [3.05, 3.63) is 0 Å². The Morgan fingerprint density at radius 2 is 1.42 bits per heavy atom. The molecule has 0 spiro atoms. The summed E-state index contributed by atoms with van der Waals surface area (Å²) in [4.78, 5) is 0. The Morgan fingerprint density at radius 3 is 2.05 bits per heavy atom. The van der Waals surface area contributed by atoms with Crippen LogP contribution >= 0.6 is 30.6 Å². The van der Waals surface area contributed by atoms with Crippen LogP contribution in [0.2, 0.25) is 0 Å². The lowest BCUT2D eigenvalue weighted by Gasteiger charge is -2.18. The number of alkyl halides is 2. The van der Waals surface area contributed by atoms with Gasteiger partial charge < -0.3 is 4.52 Å². The molecule has 2 nitrogen and oxygen atoms in total. The molecule has 0 aromatic rings. The van der Waals surface area contributed by atoms with E-state index in [4.69, 9.17) is 27.7 Å². The van der Waals surface area contributed by atoms with Gasteiger partial charge in [0.25, 0.3) is 0 Å². The highest BCUT2D eigenvalue weighted by molar-refractivity contribution is 7.58. The molecule has 0 fully saturated rings. The highest BCUT2D eigenvalue weighted by Gasteiger charge is 2.21. The van der Waals surface area contributed by atoms with Gasteiger partial charge in [0.2, 0.25) is 7.37 Å². The van der Waals surface area contributed by atoms with Gasteiger partial charge in [0.05, 0.1) is 6.61 Å². The van der Waals surface area contributed by atoms with E-state index < -0.39 is 7.37 Å². The predicted octanol–water partition coefficient (Wildman–Crippen LogP) is 5.90. The van der Waals surface area contributed by atoms with E-state index in [1.165, 1.54) is 25.7 Å². The number of unbranched alkanes of at least 4 members (excludes halogenated alkanes) is 5. The van der Waals surface area contributed by atoms with Crippen LogP contribution in [-0.4, -0.2) is 30.7 Å². The third-order valence-corrected chi connectivity index (χ3v) is 6.27. The van der Waals surface area contributed by atoms with E-state index in [1.807, 2.05) is 0 Å². The quantitative estimate of drug-likeness (QED) is 0.225. The zero-order valence-corrected chi connectivity index (χ0v) is 14.6. The van der Waals surface area contributed by atoms with Gasteiger partial charge in [-0.05, 0) is 19.3 Å². The van der Waals surface area contributed by atoms with E-state index in [9.17, 15) is 4.57 Å². The molecule has 0 aromatic heterocycles. The molecule has 0 aliphatic heterocycles. The maximum atomic E-state index is 12.6. The van der Waals surface area contributed by atoms with Crippen LogP contribution in [-0.2, 0) is 9.09 Å². The van der Waals surface area contributed by atoms with Crippen molar-refractivity contribution in [2.24, 2.45) is 0 Å². The monoisotopic (exact) mass is 330 g/mol. The Labute approximate surface area is 129 Å². The molecule has 0 saturated heterocycles. The van der Waals surface area contributed by atoms with Crippen molar-refractivity contribution in [1.29, 1.82) is 0 Å². The first kappa shape index (κ1) is 19.8. The van der Waals surface area contributed by atoms with Crippen LogP contribution in [0.25, 0.3) is 0 Å². The van der Waals surface area contributed by atoms with E-state index in [0.717, 1.165) is 25.7 Å². The lowest BCUT2D eigenvalue weighted by Crippen LogP contribution is -2.03. The highest BCUT2D eigenvalue weighted by Crippen LogP contribution is 2.48. The van der Waals surface area contributed by atoms with Crippen LogP contribution in [0.4, 0.5) is 0 Å². The predicted molar refractivity (Wildman–Crippen MR) is 87.3 cm³/mol. The molecule has 0 aliphatic carbocycles. The van der Waals surface area contributed by atoms with E-state index in [1.54, 1.807) is 0 Å². The summed E-state index contributed by atoms with van der Waals surface area (Å²) >= 11 is 11.3. The van der Waals surface area contributed by atoms with Crippen molar-refractivity contribution in [2.45, 2.75) is 58.3 Å². The third kappa shape index (κ3) is 12.2. The SMILES string of the molecule is CCCCCCCCP(=O)(CCCCl)OCCCCl. The zero-order valence-electron chi connectivity index (χ0n) is 12.2. The highest BCUT2D eigenvalue weighted by atomic mass is 35.5. The molecule has 0 aliphatic rings. The summed E-state index contributed by atoms with van der Waals surface area (Å²) in [5.41, 5.74) is 0. The first-order valence-corrected chi connectivity index (χ1v) is 10.6. The molecule has 5 heteroatoms. The summed E-state index contributed by atoms with van der Waals surface area (Å²) < 4.78 is 18.2. The van der Waals surface area contributed by atoms with Gasteiger partial charge in [-0.1, -0.05) is 39.0 Å². The van der Waals surface area contributed by atoms with Gasteiger partial charge >= 0.3 is 0 Å². The van der Waals surface area contributed by atoms with E-state index in [2.05, 4.69) is 6.92 Å². The van der Waals surface area contributed by atoms with Crippen LogP contribution in [0.15, 0.2) is 0 Å². The summed E-state index contributed by atoms with van der Waals surface area (Å²) in [6.45, 7) is 2.73. The lowest BCUT2D eigenvalue weighted by atomic mass is 10.1. The third-order valence-electron chi connectivity index (χ3n) is 3.09. The number of hydrogen-bond acceptors (Lipinski definition) is 2. The second-order valence-corrected chi connectivity index (χ2v) is 8.49. The van der Waals surface area contributed by atoms with Crippen molar-refractivity contribution in [3.63, 3.8) is 0 Å². The minimum Gasteiger partial charge on any atom is -0.328 e. The fourth-order valence-electron chi connectivity index (χ4n) is 1.96. The fourth-order valence-corrected chi connectivity index (χ4v) is 4.68. The maximum Gasteiger partial charge on any atom is 0.203 e. The second-order valence-electron chi connectivity index (χ2n) is 4.95. The average Bonchev–Trinajstić information content (AvgIpc) is 2.41. The topological polar surface area (TPSA) is 26.3 Å². The minimum absolute atomic E-state index is 0.513. The summed E-state index contributed by atoms with van der Waals surface area (Å²) in [5, 5.41) is 0. The van der Waals surface area contributed by atoms with Crippen LogP contribution in [0.1, 0.15) is 58.3 Å². The summed E-state index contributed by atoms with van der Waals surface area (Å²) in [7, 11) is -2.46. The van der Waals surface area contributed by atoms with E-state index in [0.29, 0.717) is 30.7 Å². The second kappa shape index (κ2) is 13.7. The van der Waals surface area contributed by atoms with E-state index >= 15 is 0 Å². The molecule has 1 unspecified atom stereocenters. The molecule has 0 amide bonds. The largest absolute Gasteiger partial charge is 0.328 e. The van der Waals surface area contributed by atoms with Crippen LogP contribution < -0.4 is 0 Å². The number of halogens is 2. The van der Waals surface area contributed by atoms with Crippen molar-refractivity contribution < 1.29 is 9.09 Å². The van der Waals surface area contributed by atoms with Crippen LogP contribution in [0, 0.1) is 0 Å². The molecule has 0 aromatic carbocycles. The Morgan fingerprint density at radius 1 is 0.842 bits per heavy atom. The van der Waals surface area contributed by atoms with Gasteiger partial charge in [0, 0.05) is 24.1 Å². The lowest BCUT2D eigenvalue weighted by molar-refractivity contribution is 0.312. The minimum atomic E-state index is -2.46. The molecule has 0 heterocycles. The summed E-state index contributed by atoms with van der Waals surface area (Å²) in [6, 6.07) is 0. The average molecular weight is 331 g/mol. The molecular weight excluding hydrogens is 302 g/mol. The molecule has 0 N–H and O–H groups in total. The van der Waals surface area contributed by atoms with Crippen LogP contribution in [0.5, 0.6) is 0 Å². The van der Waals surface area contributed by atoms with Crippen molar-refractivity contribution in [3.8, 4) is 0 Å². The number of hydrogen-bond donors (Lipinski definition) is 0. The van der Waals surface area contributed by atoms with Gasteiger partial charge in [0.15, 0.2) is 0 Å². The molecule has 0 rings (SSSR count). The van der Waals surface area contributed by atoms with Crippen molar-refractivity contribution in [2.75, 3.05) is 30.7 Å². The molecular formula is C14H29Cl2O2P. The van der Waals surface area contributed by atoms with Gasteiger partial charge in [-0.25, -0.2) is 0 Å². The van der Waals surface area contributed by atoms with Crippen molar-refractivity contribution >= 4 is 30.6 Å². The molecule has 0 bridgehead atoms.